The van der Waals surface area contributed by atoms with Crippen molar-refractivity contribution in [1.82, 2.24) is 15.5 Å². The molecule has 0 unspecified atom stereocenters. The van der Waals surface area contributed by atoms with Crippen molar-refractivity contribution in [3.8, 4) is 0 Å². The van der Waals surface area contributed by atoms with E-state index in [1.165, 1.54) is 11.1 Å². The highest BCUT2D eigenvalue weighted by molar-refractivity contribution is 7.98. The summed E-state index contributed by atoms with van der Waals surface area (Å²) in [5, 5.41) is 8.05. The Kier molecular flexibility index (Phi) is 4.29. The summed E-state index contributed by atoms with van der Waals surface area (Å²) in [6, 6.07) is 4.14. The Balaban J connectivity index is 1.84. The highest BCUT2D eigenvalue weighted by atomic mass is 35.5. The van der Waals surface area contributed by atoms with Crippen LogP contribution in [0.1, 0.15) is 22.8 Å². The summed E-state index contributed by atoms with van der Waals surface area (Å²) < 4.78 is 5.16. The maximum atomic E-state index is 6.38. The molecular formula is C14H16ClN3OS. The lowest BCUT2D eigenvalue weighted by Crippen LogP contribution is -2.16. The summed E-state index contributed by atoms with van der Waals surface area (Å²) in [4.78, 5) is 5.39. The topological polar surface area (TPSA) is 51.0 Å². The minimum atomic E-state index is 0.646. The van der Waals surface area contributed by atoms with E-state index in [0.29, 0.717) is 17.5 Å². The minimum absolute atomic E-state index is 0.646. The van der Waals surface area contributed by atoms with Crippen LogP contribution in [0.5, 0.6) is 0 Å². The zero-order chi connectivity index (χ0) is 13.9. The monoisotopic (exact) mass is 309 g/mol. The van der Waals surface area contributed by atoms with Crippen LogP contribution in [0.4, 0.5) is 0 Å². The van der Waals surface area contributed by atoms with Crippen molar-refractivity contribution in [2.24, 2.45) is 0 Å². The Morgan fingerprint density at radius 1 is 1.35 bits per heavy atom. The molecule has 0 fully saturated rings. The van der Waals surface area contributed by atoms with Crippen molar-refractivity contribution in [2.45, 2.75) is 30.4 Å². The molecule has 0 amide bonds. The van der Waals surface area contributed by atoms with Crippen LogP contribution in [0, 0.1) is 6.92 Å². The van der Waals surface area contributed by atoms with Gasteiger partial charge in [-0.25, -0.2) is 0 Å². The van der Waals surface area contributed by atoms with E-state index in [1.54, 1.807) is 11.8 Å². The fourth-order valence-electron chi connectivity index (χ4n) is 2.40. The van der Waals surface area contributed by atoms with Gasteiger partial charge in [-0.2, -0.15) is 4.98 Å². The average Bonchev–Trinajstić information content (AvgIpc) is 2.71. The zero-order valence-corrected chi connectivity index (χ0v) is 12.9. The number of aryl methyl sites for hydroxylation is 1. The number of hydrogen-bond acceptors (Lipinski definition) is 5. The van der Waals surface area contributed by atoms with Gasteiger partial charge in [0.1, 0.15) is 0 Å². The zero-order valence-electron chi connectivity index (χ0n) is 11.3. The third-order valence-electron chi connectivity index (χ3n) is 3.34. The molecule has 0 spiro atoms. The molecule has 3 rings (SSSR count). The molecule has 1 aliphatic heterocycles. The van der Waals surface area contributed by atoms with E-state index in [9.17, 15) is 0 Å². The Morgan fingerprint density at radius 3 is 3.00 bits per heavy atom. The molecule has 2 heterocycles. The van der Waals surface area contributed by atoms with Crippen LogP contribution >= 0.6 is 23.4 Å². The molecule has 0 saturated heterocycles. The molecule has 1 aromatic heterocycles. The van der Waals surface area contributed by atoms with Gasteiger partial charge in [0.25, 0.3) is 0 Å². The molecule has 0 radical (unpaired) electrons. The molecule has 1 N–H and O–H groups in total. The van der Waals surface area contributed by atoms with E-state index in [0.717, 1.165) is 35.8 Å². The molecule has 106 valence electrons. The van der Waals surface area contributed by atoms with Crippen LogP contribution in [0.3, 0.4) is 0 Å². The van der Waals surface area contributed by atoms with Crippen LogP contribution < -0.4 is 5.32 Å². The first kappa shape index (κ1) is 13.9. The maximum absolute atomic E-state index is 6.38. The van der Waals surface area contributed by atoms with Crippen molar-refractivity contribution in [1.29, 1.82) is 0 Å². The number of hydrogen-bond donors (Lipinski definition) is 1. The lowest BCUT2D eigenvalue weighted by molar-refractivity contribution is 0.387. The van der Waals surface area contributed by atoms with E-state index in [1.807, 2.05) is 13.0 Å². The molecule has 1 aliphatic rings. The van der Waals surface area contributed by atoms with E-state index in [4.69, 9.17) is 16.1 Å². The van der Waals surface area contributed by atoms with Gasteiger partial charge < -0.3 is 9.84 Å². The molecule has 0 atom stereocenters. The van der Waals surface area contributed by atoms with Gasteiger partial charge >= 0.3 is 0 Å². The third kappa shape index (κ3) is 3.00. The van der Waals surface area contributed by atoms with E-state index >= 15 is 0 Å². The number of aromatic nitrogens is 2. The second-order valence-corrected chi connectivity index (χ2v) is 6.18. The normalized spacial score (nSPS) is 14.9. The van der Waals surface area contributed by atoms with Gasteiger partial charge in [0.05, 0.1) is 10.8 Å². The van der Waals surface area contributed by atoms with Crippen molar-refractivity contribution < 1.29 is 4.52 Å². The number of nitrogens with zero attached hydrogens (tertiary/aromatic N) is 2. The Bertz CT molecular complexity index is 614. The fourth-order valence-corrected chi connectivity index (χ4v) is 3.74. The predicted molar refractivity (Wildman–Crippen MR) is 80.3 cm³/mol. The quantitative estimate of drug-likeness (QED) is 0.883. The number of thioether (sulfide) groups is 1. The summed E-state index contributed by atoms with van der Waals surface area (Å²) in [7, 11) is 0. The lowest BCUT2D eigenvalue weighted by Gasteiger charge is -2.12. The summed E-state index contributed by atoms with van der Waals surface area (Å²) in [6.07, 6.45) is 2.07. The van der Waals surface area contributed by atoms with Crippen LogP contribution in [0.2, 0.25) is 5.02 Å². The lowest BCUT2D eigenvalue weighted by atomic mass is 10.0. The van der Waals surface area contributed by atoms with Gasteiger partial charge in [-0.3, -0.25) is 0 Å². The summed E-state index contributed by atoms with van der Waals surface area (Å²) >= 11 is 8.06. The molecule has 2 aromatic rings. The van der Waals surface area contributed by atoms with Crippen molar-refractivity contribution in [3.05, 3.63) is 40.0 Å². The number of halogens is 1. The molecule has 6 heteroatoms. The van der Waals surface area contributed by atoms with E-state index in [-0.39, 0.29) is 0 Å². The van der Waals surface area contributed by atoms with Crippen molar-refractivity contribution in [2.75, 3.05) is 13.1 Å². The van der Waals surface area contributed by atoms with Crippen LogP contribution in [-0.2, 0) is 18.6 Å². The summed E-state index contributed by atoms with van der Waals surface area (Å²) in [6.45, 7) is 3.85. The smallest absolute Gasteiger partial charge is 0.236 e. The fraction of sp³-hybridized carbons (Fsp3) is 0.429. The molecule has 0 aliphatic carbocycles. The SMILES string of the molecule is Cc1noc(CSc2c(Cl)ccc3c2CCNCC3)n1. The Morgan fingerprint density at radius 2 is 2.20 bits per heavy atom. The van der Waals surface area contributed by atoms with Crippen LogP contribution in [0.15, 0.2) is 21.6 Å². The highest BCUT2D eigenvalue weighted by Crippen LogP contribution is 2.35. The average molecular weight is 310 g/mol. The number of fused-ring (bicyclic) bond motifs is 1. The van der Waals surface area contributed by atoms with Gasteiger partial charge in [0, 0.05) is 4.90 Å². The van der Waals surface area contributed by atoms with Gasteiger partial charge in [-0.1, -0.05) is 22.8 Å². The molecule has 4 nitrogen and oxygen atoms in total. The first-order valence-corrected chi connectivity index (χ1v) is 8.03. The molecule has 1 aromatic carbocycles. The van der Waals surface area contributed by atoms with Gasteiger partial charge in [-0.15, -0.1) is 11.8 Å². The maximum Gasteiger partial charge on any atom is 0.236 e. The van der Waals surface area contributed by atoms with Gasteiger partial charge in [0.15, 0.2) is 5.82 Å². The molecule has 20 heavy (non-hydrogen) atoms. The Labute approximate surface area is 127 Å². The first-order chi connectivity index (χ1) is 9.74. The second kappa shape index (κ2) is 6.16. The van der Waals surface area contributed by atoms with Crippen molar-refractivity contribution >= 4 is 23.4 Å². The first-order valence-electron chi connectivity index (χ1n) is 6.67. The highest BCUT2D eigenvalue weighted by Gasteiger charge is 2.16. The number of nitrogens with one attached hydrogen (secondary N) is 1. The second-order valence-electron chi connectivity index (χ2n) is 4.79. The molecular weight excluding hydrogens is 294 g/mol. The van der Waals surface area contributed by atoms with E-state index < -0.39 is 0 Å². The molecule has 0 bridgehead atoms. The Hall–Kier alpha value is -1.04. The van der Waals surface area contributed by atoms with E-state index in [2.05, 4.69) is 21.5 Å². The minimum Gasteiger partial charge on any atom is -0.338 e. The van der Waals surface area contributed by atoms with Crippen molar-refractivity contribution in [3.63, 3.8) is 0 Å². The van der Waals surface area contributed by atoms with Crippen LogP contribution in [0.25, 0.3) is 0 Å². The largest absolute Gasteiger partial charge is 0.338 e. The van der Waals surface area contributed by atoms with Crippen LogP contribution in [-0.4, -0.2) is 23.2 Å². The number of benzene rings is 1. The standard InChI is InChI=1S/C14H16ClN3OS/c1-9-17-13(19-18-9)8-20-14-11-5-7-16-6-4-10(11)2-3-12(14)15/h2-3,16H,4-8H2,1H3. The van der Waals surface area contributed by atoms with Gasteiger partial charge in [-0.05, 0) is 50.0 Å². The summed E-state index contributed by atoms with van der Waals surface area (Å²) in [5.41, 5.74) is 2.76. The number of rotatable bonds is 3. The third-order valence-corrected chi connectivity index (χ3v) is 4.92. The van der Waals surface area contributed by atoms with Gasteiger partial charge in [0.2, 0.25) is 5.89 Å². The summed E-state index contributed by atoms with van der Waals surface area (Å²) in [5.74, 6) is 1.97. The predicted octanol–water partition coefficient (Wildman–Crippen LogP) is 3.01. The molecule has 0 saturated carbocycles.